The number of ketones is 1. The fourth-order valence-corrected chi connectivity index (χ4v) is 5.91. The van der Waals surface area contributed by atoms with Crippen LogP contribution in [0.25, 0.3) is 0 Å². The van der Waals surface area contributed by atoms with Crippen LogP contribution in [-0.4, -0.2) is 30.2 Å². The number of ether oxygens (including phenoxy) is 1. The van der Waals surface area contributed by atoms with Gasteiger partial charge in [-0.15, -0.1) is 0 Å². The number of Topliss-reactive ketones (excluding diaryl/α,β-unsaturated/α-hetero) is 1. The van der Waals surface area contributed by atoms with E-state index in [1.54, 1.807) is 48.5 Å². The molecule has 1 aliphatic heterocycles. The normalized spacial score (nSPS) is 31.3. The summed E-state index contributed by atoms with van der Waals surface area (Å²) in [6.07, 6.45) is 5.37. The van der Waals surface area contributed by atoms with Crippen LogP contribution >= 0.6 is 0 Å². The van der Waals surface area contributed by atoms with Gasteiger partial charge in [-0.2, -0.15) is 0 Å². The summed E-state index contributed by atoms with van der Waals surface area (Å²) in [7, 11) is 0. The van der Waals surface area contributed by atoms with Crippen molar-refractivity contribution in [2.75, 3.05) is 11.5 Å². The predicted molar refractivity (Wildman–Crippen MR) is 115 cm³/mol. The van der Waals surface area contributed by atoms with E-state index in [4.69, 9.17) is 4.74 Å². The molecular formula is C26H21NO5. The number of hydrogen-bond acceptors (Lipinski definition) is 5. The molecule has 2 bridgehead atoms. The van der Waals surface area contributed by atoms with Crippen molar-refractivity contribution in [3.8, 4) is 0 Å². The van der Waals surface area contributed by atoms with Gasteiger partial charge in [-0.3, -0.25) is 14.4 Å². The van der Waals surface area contributed by atoms with Crippen molar-refractivity contribution in [3.63, 3.8) is 0 Å². The van der Waals surface area contributed by atoms with Crippen molar-refractivity contribution < 1.29 is 23.9 Å². The molecule has 2 amide bonds. The second-order valence-electron chi connectivity index (χ2n) is 9.08. The molecule has 0 radical (unpaired) electrons. The lowest BCUT2D eigenvalue weighted by atomic mass is 9.63. The maximum Gasteiger partial charge on any atom is 0.338 e. The van der Waals surface area contributed by atoms with E-state index in [9.17, 15) is 19.2 Å². The Labute approximate surface area is 184 Å². The number of anilines is 1. The van der Waals surface area contributed by atoms with Crippen LogP contribution in [0.15, 0.2) is 66.7 Å². The van der Waals surface area contributed by atoms with E-state index in [1.807, 2.05) is 0 Å². The molecule has 6 atom stereocenters. The van der Waals surface area contributed by atoms with Crippen LogP contribution in [0.3, 0.4) is 0 Å². The molecule has 2 aromatic carbocycles. The first-order chi connectivity index (χ1) is 15.5. The molecule has 3 fully saturated rings. The van der Waals surface area contributed by atoms with E-state index < -0.39 is 5.97 Å². The smallest absolute Gasteiger partial charge is 0.338 e. The number of carbonyl (C=O) groups is 4. The van der Waals surface area contributed by atoms with E-state index in [1.165, 1.54) is 11.0 Å². The van der Waals surface area contributed by atoms with Gasteiger partial charge in [0.25, 0.3) is 0 Å². The number of nitrogens with zero attached hydrogens (tertiary/aromatic N) is 1. The molecule has 2 saturated carbocycles. The molecule has 7 rings (SSSR count). The van der Waals surface area contributed by atoms with Crippen LogP contribution in [-0.2, 0) is 14.3 Å². The Balaban J connectivity index is 1.20. The second-order valence-corrected chi connectivity index (χ2v) is 9.08. The van der Waals surface area contributed by atoms with Crippen molar-refractivity contribution in [1.82, 2.24) is 0 Å². The first-order valence-corrected chi connectivity index (χ1v) is 11.0. The highest BCUT2D eigenvalue weighted by Gasteiger charge is 2.67. The average molecular weight is 427 g/mol. The zero-order valence-corrected chi connectivity index (χ0v) is 17.2. The quantitative estimate of drug-likeness (QED) is 0.317. The summed E-state index contributed by atoms with van der Waals surface area (Å²) in [5, 5.41) is 0. The first-order valence-electron chi connectivity index (χ1n) is 11.0. The van der Waals surface area contributed by atoms with Crippen LogP contribution in [0, 0.1) is 35.5 Å². The van der Waals surface area contributed by atoms with Crippen LogP contribution in [0.1, 0.15) is 27.1 Å². The monoisotopic (exact) mass is 427 g/mol. The van der Waals surface area contributed by atoms with Crippen LogP contribution in [0.2, 0.25) is 0 Å². The molecule has 1 heterocycles. The van der Waals surface area contributed by atoms with Crippen molar-refractivity contribution in [1.29, 1.82) is 0 Å². The third kappa shape index (κ3) is 2.79. The van der Waals surface area contributed by atoms with Crippen LogP contribution < -0.4 is 4.90 Å². The highest BCUT2D eigenvalue weighted by molar-refractivity contribution is 6.23. The van der Waals surface area contributed by atoms with Gasteiger partial charge in [0, 0.05) is 5.56 Å². The summed E-state index contributed by atoms with van der Waals surface area (Å²) in [4.78, 5) is 52.5. The largest absolute Gasteiger partial charge is 0.454 e. The summed E-state index contributed by atoms with van der Waals surface area (Å²) in [5.41, 5.74) is 1.04. The Morgan fingerprint density at radius 2 is 1.47 bits per heavy atom. The molecule has 0 N–H and O–H groups in total. The Bertz CT molecular complexity index is 1150. The van der Waals surface area contributed by atoms with Gasteiger partial charge < -0.3 is 4.74 Å². The predicted octanol–water partition coefficient (Wildman–Crippen LogP) is 3.28. The Morgan fingerprint density at radius 1 is 0.844 bits per heavy atom. The first kappa shape index (κ1) is 19.2. The van der Waals surface area contributed by atoms with Gasteiger partial charge in [-0.05, 0) is 48.3 Å². The molecule has 0 aromatic heterocycles. The molecule has 4 aliphatic carbocycles. The minimum Gasteiger partial charge on any atom is -0.454 e. The highest BCUT2D eigenvalue weighted by Crippen LogP contribution is 2.65. The van der Waals surface area contributed by atoms with Crippen molar-refractivity contribution in [2.24, 2.45) is 35.5 Å². The summed E-state index contributed by atoms with van der Waals surface area (Å²) in [5.74, 6) is -0.536. The van der Waals surface area contributed by atoms with Crippen LogP contribution in [0.5, 0.6) is 0 Å². The molecule has 32 heavy (non-hydrogen) atoms. The number of imide groups is 1. The molecule has 5 aliphatic rings. The summed E-state index contributed by atoms with van der Waals surface area (Å²) < 4.78 is 5.19. The van der Waals surface area contributed by atoms with Gasteiger partial charge in [0.2, 0.25) is 11.8 Å². The lowest BCUT2D eigenvalue weighted by molar-refractivity contribution is -0.124. The minimum absolute atomic E-state index is 0.147. The number of amides is 2. The van der Waals surface area contributed by atoms with Gasteiger partial charge in [0.1, 0.15) is 0 Å². The number of esters is 1. The lowest BCUT2D eigenvalue weighted by Crippen LogP contribution is -2.40. The number of hydrogen-bond donors (Lipinski definition) is 0. The Morgan fingerprint density at radius 3 is 2.12 bits per heavy atom. The Hall–Kier alpha value is -3.54. The maximum absolute atomic E-state index is 13.3. The molecular weight excluding hydrogens is 406 g/mol. The number of carbonyl (C=O) groups excluding carboxylic acids is 4. The van der Waals surface area contributed by atoms with Gasteiger partial charge in [0.15, 0.2) is 12.4 Å². The molecule has 160 valence electrons. The molecule has 6 nitrogen and oxygen atoms in total. The number of benzene rings is 2. The van der Waals surface area contributed by atoms with E-state index in [0.29, 0.717) is 23.1 Å². The zero-order chi connectivity index (χ0) is 22.0. The van der Waals surface area contributed by atoms with E-state index in [2.05, 4.69) is 12.2 Å². The fourth-order valence-electron chi connectivity index (χ4n) is 5.91. The minimum atomic E-state index is -0.671. The number of allylic oxidation sites excluding steroid dienone is 2. The van der Waals surface area contributed by atoms with Crippen molar-refractivity contribution in [2.45, 2.75) is 6.42 Å². The molecule has 0 spiro atoms. The van der Waals surface area contributed by atoms with Crippen LogP contribution in [0.4, 0.5) is 5.69 Å². The van der Waals surface area contributed by atoms with E-state index in [0.717, 1.165) is 6.42 Å². The summed E-state index contributed by atoms with van der Waals surface area (Å²) in [6.45, 7) is -0.378. The standard InChI is InChI=1S/C26H21NO5/c28-21(14-5-2-1-3-6-14)13-32-26(31)15-7-4-8-16(11-15)27-24(29)22-17-9-10-18(20-12-19(17)20)23(22)25(27)30/h1-11,17-20,22-23H,12-13H2/t17-,18+,19-,20-,22+,23+/m1/s1. The Kier molecular flexibility index (Phi) is 4.18. The maximum atomic E-state index is 13.3. The molecule has 2 aromatic rings. The molecule has 1 saturated heterocycles. The lowest BCUT2D eigenvalue weighted by Gasteiger charge is -2.37. The second kappa shape index (κ2) is 6.99. The summed E-state index contributed by atoms with van der Waals surface area (Å²) >= 11 is 0. The van der Waals surface area contributed by atoms with E-state index in [-0.39, 0.29) is 53.4 Å². The highest BCUT2D eigenvalue weighted by atomic mass is 16.5. The van der Waals surface area contributed by atoms with Gasteiger partial charge in [0.05, 0.1) is 23.1 Å². The average Bonchev–Trinajstić information content (AvgIpc) is 3.61. The fraction of sp³-hybridized carbons (Fsp3) is 0.308. The van der Waals surface area contributed by atoms with Gasteiger partial charge >= 0.3 is 5.97 Å². The zero-order valence-electron chi connectivity index (χ0n) is 17.2. The topological polar surface area (TPSA) is 80.8 Å². The van der Waals surface area contributed by atoms with Gasteiger partial charge in [-0.25, -0.2) is 9.69 Å². The summed E-state index contributed by atoms with van der Waals surface area (Å²) in [6, 6.07) is 14.9. The third-order valence-corrected chi connectivity index (χ3v) is 7.43. The van der Waals surface area contributed by atoms with Crippen molar-refractivity contribution >= 4 is 29.3 Å². The van der Waals surface area contributed by atoms with E-state index >= 15 is 0 Å². The number of rotatable bonds is 5. The molecule has 0 unspecified atom stereocenters. The van der Waals surface area contributed by atoms with Crippen molar-refractivity contribution in [3.05, 3.63) is 77.9 Å². The third-order valence-electron chi connectivity index (χ3n) is 7.43. The SMILES string of the molecule is O=C(COC(=O)c1cccc(N2C(=O)[C@H]3[C@@H]4C=C[C@@H]([C@H]5C[C@H]45)[C@@H]3C2=O)c1)c1ccccc1. The molecule has 6 heteroatoms. The van der Waals surface area contributed by atoms with Gasteiger partial charge in [-0.1, -0.05) is 48.6 Å².